The van der Waals surface area contributed by atoms with Crippen LogP contribution in [0, 0.1) is 5.92 Å². The number of nitrogens with zero attached hydrogens (tertiary/aromatic N) is 2. The van der Waals surface area contributed by atoms with E-state index in [0.717, 1.165) is 38.2 Å². The molecule has 7 nitrogen and oxygen atoms in total. The predicted octanol–water partition coefficient (Wildman–Crippen LogP) is 1.48. The van der Waals surface area contributed by atoms with Gasteiger partial charge >= 0.3 is 0 Å². The van der Waals surface area contributed by atoms with E-state index in [2.05, 4.69) is 20.4 Å². The highest BCUT2D eigenvalue weighted by atomic mass is 16.5. The van der Waals surface area contributed by atoms with Crippen molar-refractivity contribution >= 4 is 5.91 Å². The number of rotatable bonds is 7. The minimum absolute atomic E-state index is 0.145. The van der Waals surface area contributed by atoms with E-state index in [-0.39, 0.29) is 11.7 Å². The smallest absolute Gasteiger partial charge is 0.269 e. The first-order valence-corrected chi connectivity index (χ1v) is 8.50. The lowest BCUT2D eigenvalue weighted by molar-refractivity contribution is 0.0941. The number of benzene rings is 1. The Balaban J connectivity index is 1.50. The summed E-state index contributed by atoms with van der Waals surface area (Å²) in [4.78, 5) is 14.7. The first-order valence-electron chi connectivity index (χ1n) is 8.50. The van der Waals surface area contributed by atoms with Crippen LogP contribution in [0.2, 0.25) is 0 Å². The van der Waals surface area contributed by atoms with Crippen LogP contribution in [0.4, 0.5) is 0 Å². The third-order valence-corrected chi connectivity index (χ3v) is 4.52. The van der Waals surface area contributed by atoms with Gasteiger partial charge in [0.05, 0.1) is 12.3 Å². The average Bonchev–Trinajstić information content (AvgIpc) is 3.28. The highest BCUT2D eigenvalue weighted by Crippen LogP contribution is 2.20. The number of hydrogen-bond acceptors (Lipinski definition) is 5. The van der Waals surface area contributed by atoms with Crippen molar-refractivity contribution in [1.29, 1.82) is 0 Å². The molecule has 0 aliphatic carbocycles. The summed E-state index contributed by atoms with van der Waals surface area (Å²) in [6, 6.07) is 8.44. The molecule has 2 heterocycles. The van der Waals surface area contributed by atoms with Crippen molar-refractivity contribution in [2.45, 2.75) is 6.42 Å². The van der Waals surface area contributed by atoms with Gasteiger partial charge in [0.25, 0.3) is 5.91 Å². The molecule has 0 unspecified atom stereocenters. The first kappa shape index (κ1) is 17.4. The Morgan fingerprint density at radius 3 is 3.00 bits per heavy atom. The molecular weight excluding hydrogens is 320 g/mol. The number of carbonyl (C=O) groups is 1. The van der Waals surface area contributed by atoms with E-state index >= 15 is 0 Å². The number of ether oxygens (including phenoxy) is 1. The Labute approximate surface area is 147 Å². The maximum atomic E-state index is 12.3. The normalized spacial score (nSPS) is 17.7. The number of hydrogen-bond donors (Lipinski definition) is 3. The summed E-state index contributed by atoms with van der Waals surface area (Å²) in [6.07, 6.45) is 1.09. The molecule has 1 aliphatic heterocycles. The van der Waals surface area contributed by atoms with Gasteiger partial charge in [0.1, 0.15) is 11.4 Å². The van der Waals surface area contributed by atoms with E-state index in [0.29, 0.717) is 23.9 Å². The molecule has 3 rings (SSSR count). The zero-order chi connectivity index (χ0) is 17.6. The third kappa shape index (κ3) is 4.58. The van der Waals surface area contributed by atoms with Gasteiger partial charge in [-0.25, -0.2) is 0 Å². The van der Waals surface area contributed by atoms with Gasteiger partial charge in [-0.3, -0.25) is 9.89 Å². The molecule has 1 saturated heterocycles. The Morgan fingerprint density at radius 2 is 2.24 bits per heavy atom. The van der Waals surface area contributed by atoms with Crippen LogP contribution in [0.15, 0.2) is 30.3 Å². The third-order valence-electron chi connectivity index (χ3n) is 4.52. The minimum Gasteiger partial charge on any atom is -0.508 e. The van der Waals surface area contributed by atoms with Crippen LogP contribution >= 0.6 is 0 Å². The van der Waals surface area contributed by atoms with Gasteiger partial charge in [-0.15, -0.1) is 0 Å². The second kappa shape index (κ2) is 8.13. The van der Waals surface area contributed by atoms with Gasteiger partial charge in [0, 0.05) is 32.3 Å². The molecule has 1 atom stereocenters. The second-order valence-corrected chi connectivity index (χ2v) is 6.37. The zero-order valence-corrected chi connectivity index (χ0v) is 14.4. The number of aromatic hydroxyl groups is 1. The number of carbonyl (C=O) groups excluding carboxylic acids is 1. The van der Waals surface area contributed by atoms with Crippen LogP contribution < -0.4 is 5.32 Å². The predicted molar refractivity (Wildman–Crippen MR) is 94.4 cm³/mol. The fraction of sp³-hybridized carbons (Fsp3) is 0.444. The van der Waals surface area contributed by atoms with E-state index in [9.17, 15) is 9.90 Å². The summed E-state index contributed by atoms with van der Waals surface area (Å²) in [7, 11) is 1.71. The molecule has 1 aliphatic rings. The van der Waals surface area contributed by atoms with Crippen molar-refractivity contribution in [3.63, 3.8) is 0 Å². The monoisotopic (exact) mass is 344 g/mol. The number of aromatic nitrogens is 2. The van der Waals surface area contributed by atoms with Crippen molar-refractivity contribution in [2.24, 2.45) is 5.92 Å². The molecule has 25 heavy (non-hydrogen) atoms. The molecule has 1 aromatic carbocycles. The molecular formula is C18H24N4O3. The van der Waals surface area contributed by atoms with Crippen molar-refractivity contribution in [2.75, 3.05) is 39.9 Å². The number of amides is 1. The van der Waals surface area contributed by atoms with Crippen LogP contribution in [0.1, 0.15) is 16.9 Å². The lowest BCUT2D eigenvalue weighted by Gasteiger charge is -2.15. The van der Waals surface area contributed by atoms with Crippen LogP contribution in [-0.2, 0) is 4.74 Å². The Morgan fingerprint density at radius 1 is 1.44 bits per heavy atom. The van der Waals surface area contributed by atoms with Crippen LogP contribution in [-0.4, -0.2) is 66.0 Å². The maximum Gasteiger partial charge on any atom is 0.269 e. The molecule has 0 bridgehead atoms. The fourth-order valence-corrected chi connectivity index (χ4v) is 3.05. The maximum absolute atomic E-state index is 12.3. The molecule has 1 fully saturated rings. The standard InChI is InChI=1S/C18H24N4O3/c1-25-9-8-22-7-6-13(12-22)11-19-18(24)17-10-16(20-21-17)14-2-4-15(23)5-3-14/h2-5,10,13,23H,6-9,11-12H2,1H3,(H,19,24)(H,20,21)/t13-/m0/s1. The number of phenolic OH excluding ortho intramolecular Hbond substituents is 1. The topological polar surface area (TPSA) is 90.5 Å². The van der Waals surface area contributed by atoms with E-state index in [1.54, 1.807) is 37.4 Å². The summed E-state index contributed by atoms with van der Waals surface area (Å²) >= 11 is 0. The van der Waals surface area contributed by atoms with Crippen molar-refractivity contribution < 1.29 is 14.6 Å². The Kier molecular flexibility index (Phi) is 5.67. The zero-order valence-electron chi connectivity index (χ0n) is 14.4. The number of nitrogens with one attached hydrogen (secondary N) is 2. The molecule has 2 aromatic rings. The van der Waals surface area contributed by atoms with Crippen molar-refractivity contribution in [3.8, 4) is 17.0 Å². The molecule has 7 heteroatoms. The summed E-state index contributed by atoms with van der Waals surface area (Å²) in [5.41, 5.74) is 1.96. The van der Waals surface area contributed by atoms with Gasteiger partial charge in [-0.2, -0.15) is 5.10 Å². The van der Waals surface area contributed by atoms with Gasteiger partial charge in [0.15, 0.2) is 0 Å². The Hall–Kier alpha value is -2.38. The lowest BCUT2D eigenvalue weighted by atomic mass is 10.1. The summed E-state index contributed by atoms with van der Waals surface area (Å²) < 4.78 is 5.10. The van der Waals surface area contributed by atoms with Gasteiger partial charge in [-0.1, -0.05) is 0 Å². The molecule has 134 valence electrons. The number of methoxy groups -OCH3 is 1. The SMILES string of the molecule is COCCN1CC[C@@H](CNC(=O)c2cc(-c3ccc(O)cc3)n[nH]2)C1. The number of aromatic amines is 1. The van der Waals surface area contributed by atoms with Gasteiger partial charge < -0.3 is 20.1 Å². The number of likely N-dealkylation sites (tertiary alicyclic amines) is 1. The molecule has 1 aromatic heterocycles. The summed E-state index contributed by atoms with van der Waals surface area (Å²) in [5.74, 6) is 0.529. The molecule has 1 amide bonds. The second-order valence-electron chi connectivity index (χ2n) is 6.37. The highest BCUT2D eigenvalue weighted by Gasteiger charge is 2.22. The van der Waals surface area contributed by atoms with Crippen molar-refractivity contribution in [1.82, 2.24) is 20.4 Å². The van der Waals surface area contributed by atoms with Crippen LogP contribution in [0.3, 0.4) is 0 Å². The quantitative estimate of drug-likeness (QED) is 0.708. The van der Waals surface area contributed by atoms with E-state index < -0.39 is 0 Å². The number of phenols is 1. The van der Waals surface area contributed by atoms with Gasteiger partial charge in [-0.05, 0) is 49.2 Å². The molecule has 0 radical (unpaired) electrons. The van der Waals surface area contributed by atoms with E-state index in [1.165, 1.54) is 0 Å². The first-order chi connectivity index (χ1) is 12.2. The van der Waals surface area contributed by atoms with Gasteiger partial charge in [0.2, 0.25) is 0 Å². The molecule has 0 spiro atoms. The average molecular weight is 344 g/mol. The summed E-state index contributed by atoms with van der Waals surface area (Å²) in [5, 5.41) is 19.3. The highest BCUT2D eigenvalue weighted by molar-refractivity contribution is 5.93. The van der Waals surface area contributed by atoms with E-state index in [1.807, 2.05) is 0 Å². The lowest BCUT2D eigenvalue weighted by Crippen LogP contribution is -2.32. The van der Waals surface area contributed by atoms with E-state index in [4.69, 9.17) is 4.74 Å². The van der Waals surface area contributed by atoms with Crippen molar-refractivity contribution in [3.05, 3.63) is 36.0 Å². The van der Waals surface area contributed by atoms with Crippen LogP contribution in [0.25, 0.3) is 11.3 Å². The molecule has 0 saturated carbocycles. The Bertz CT molecular complexity index is 699. The molecule has 3 N–H and O–H groups in total. The van der Waals surface area contributed by atoms with Crippen LogP contribution in [0.5, 0.6) is 5.75 Å². The fourth-order valence-electron chi connectivity index (χ4n) is 3.05. The minimum atomic E-state index is -0.145. The summed E-state index contributed by atoms with van der Waals surface area (Å²) in [6.45, 7) is 4.39. The number of H-pyrrole nitrogens is 1. The largest absolute Gasteiger partial charge is 0.508 e.